The molecule has 0 unspecified atom stereocenters. The van der Waals surface area contributed by atoms with Crippen molar-refractivity contribution >= 4 is 33.4 Å². The molecule has 1 aromatic carbocycles. The Hall–Kier alpha value is -1.42. The third-order valence-corrected chi connectivity index (χ3v) is 5.36. The number of aryl methyl sites for hydroxylation is 1. The molecular formula is C16H14BrNO2. The summed E-state index contributed by atoms with van der Waals surface area (Å²) in [5.41, 5.74) is 1.68. The third-order valence-electron chi connectivity index (χ3n) is 4.87. The Morgan fingerprint density at radius 1 is 1.10 bits per heavy atom. The van der Waals surface area contributed by atoms with Crippen molar-refractivity contribution in [2.45, 2.75) is 13.3 Å². The minimum absolute atomic E-state index is 0.0118. The summed E-state index contributed by atoms with van der Waals surface area (Å²) in [4.78, 5) is 26.8. The quantitative estimate of drug-likeness (QED) is 0.585. The molecule has 102 valence electrons. The van der Waals surface area contributed by atoms with Gasteiger partial charge in [0.25, 0.3) is 0 Å². The lowest BCUT2D eigenvalue weighted by molar-refractivity contribution is -0.123. The van der Waals surface area contributed by atoms with Crippen LogP contribution in [0.1, 0.15) is 12.0 Å². The van der Waals surface area contributed by atoms with Crippen LogP contribution in [0.15, 0.2) is 34.8 Å². The Morgan fingerprint density at radius 2 is 1.70 bits per heavy atom. The summed E-state index contributed by atoms with van der Waals surface area (Å²) in [6.45, 7) is 1.93. The fourth-order valence-corrected chi connectivity index (χ4v) is 4.49. The van der Waals surface area contributed by atoms with Crippen LogP contribution in [-0.4, -0.2) is 11.8 Å². The van der Waals surface area contributed by atoms with E-state index in [9.17, 15) is 9.59 Å². The Labute approximate surface area is 125 Å². The first-order chi connectivity index (χ1) is 9.58. The molecule has 2 aliphatic carbocycles. The van der Waals surface area contributed by atoms with Crippen molar-refractivity contribution in [2.24, 2.45) is 23.7 Å². The van der Waals surface area contributed by atoms with Crippen LogP contribution < -0.4 is 4.90 Å². The van der Waals surface area contributed by atoms with Gasteiger partial charge in [-0.3, -0.25) is 9.59 Å². The molecule has 2 amide bonds. The second kappa shape index (κ2) is 4.04. The first-order valence-electron chi connectivity index (χ1n) is 6.90. The van der Waals surface area contributed by atoms with E-state index >= 15 is 0 Å². The predicted molar refractivity (Wildman–Crippen MR) is 79.1 cm³/mol. The zero-order chi connectivity index (χ0) is 14.0. The first-order valence-corrected chi connectivity index (χ1v) is 7.69. The minimum Gasteiger partial charge on any atom is -0.274 e. The van der Waals surface area contributed by atoms with Crippen molar-refractivity contribution in [3.8, 4) is 0 Å². The fourth-order valence-electron chi connectivity index (χ4n) is 4.01. The van der Waals surface area contributed by atoms with Crippen molar-refractivity contribution in [1.82, 2.24) is 0 Å². The van der Waals surface area contributed by atoms with Crippen LogP contribution in [-0.2, 0) is 9.59 Å². The normalized spacial score (nSPS) is 34.2. The van der Waals surface area contributed by atoms with E-state index in [0.29, 0.717) is 0 Å². The molecule has 20 heavy (non-hydrogen) atoms. The topological polar surface area (TPSA) is 37.4 Å². The number of carbonyl (C=O) groups is 2. The number of amides is 2. The van der Waals surface area contributed by atoms with Gasteiger partial charge in [0.05, 0.1) is 17.5 Å². The molecule has 3 nitrogen and oxygen atoms in total. The van der Waals surface area contributed by atoms with Gasteiger partial charge in [-0.05, 0) is 48.9 Å². The molecule has 0 N–H and O–H groups in total. The number of fused-ring (bicyclic) bond motifs is 5. The van der Waals surface area contributed by atoms with Crippen molar-refractivity contribution in [1.29, 1.82) is 0 Å². The van der Waals surface area contributed by atoms with E-state index in [1.165, 1.54) is 4.90 Å². The molecule has 4 heteroatoms. The number of hydrogen-bond acceptors (Lipinski definition) is 2. The number of nitrogens with zero attached hydrogens (tertiary/aromatic N) is 1. The van der Waals surface area contributed by atoms with Crippen LogP contribution in [0.3, 0.4) is 0 Å². The molecule has 0 aromatic heterocycles. The summed E-state index contributed by atoms with van der Waals surface area (Å²) in [6.07, 6.45) is 5.21. The highest BCUT2D eigenvalue weighted by Gasteiger charge is 2.59. The Balaban J connectivity index is 1.78. The highest BCUT2D eigenvalue weighted by Crippen LogP contribution is 2.53. The zero-order valence-electron chi connectivity index (χ0n) is 11.0. The predicted octanol–water partition coefficient (Wildman–Crippen LogP) is 3.07. The lowest BCUT2D eigenvalue weighted by atomic mass is 9.85. The lowest BCUT2D eigenvalue weighted by Crippen LogP contribution is -2.33. The van der Waals surface area contributed by atoms with Crippen LogP contribution in [0.5, 0.6) is 0 Å². The summed E-state index contributed by atoms with van der Waals surface area (Å²) in [5.74, 6) is 0.259. The number of imide groups is 1. The third kappa shape index (κ3) is 1.46. The maximum Gasteiger partial charge on any atom is 0.238 e. The van der Waals surface area contributed by atoms with Gasteiger partial charge < -0.3 is 0 Å². The standard InChI is InChI=1S/C16H14BrNO2/c1-8-6-11(17)4-5-12(8)18-15(19)13-9-2-3-10(7-9)14(13)16(18)20/h2-6,9-10,13-14H,7H2,1H3/t9-,10-,13-,14+/m0/s1. The zero-order valence-corrected chi connectivity index (χ0v) is 12.6. The van der Waals surface area contributed by atoms with Crippen molar-refractivity contribution < 1.29 is 9.59 Å². The molecular weight excluding hydrogens is 318 g/mol. The van der Waals surface area contributed by atoms with E-state index in [-0.39, 0.29) is 35.5 Å². The van der Waals surface area contributed by atoms with Gasteiger partial charge in [0.1, 0.15) is 0 Å². The molecule has 4 atom stereocenters. The van der Waals surface area contributed by atoms with E-state index < -0.39 is 0 Å². The number of hydrogen-bond donors (Lipinski definition) is 0. The van der Waals surface area contributed by atoms with Gasteiger partial charge in [-0.15, -0.1) is 0 Å². The van der Waals surface area contributed by atoms with Gasteiger partial charge in [0.2, 0.25) is 11.8 Å². The number of anilines is 1. The van der Waals surface area contributed by atoms with Gasteiger partial charge in [-0.1, -0.05) is 28.1 Å². The number of halogens is 1. The minimum atomic E-state index is -0.124. The molecule has 3 aliphatic rings. The van der Waals surface area contributed by atoms with Crippen LogP contribution in [0, 0.1) is 30.6 Å². The maximum atomic E-state index is 12.7. The maximum absolute atomic E-state index is 12.7. The molecule has 2 bridgehead atoms. The highest BCUT2D eigenvalue weighted by molar-refractivity contribution is 9.10. The van der Waals surface area contributed by atoms with E-state index in [0.717, 1.165) is 22.1 Å². The van der Waals surface area contributed by atoms with Gasteiger partial charge in [0.15, 0.2) is 0 Å². The molecule has 0 radical (unpaired) electrons. The van der Waals surface area contributed by atoms with E-state index in [1.54, 1.807) is 0 Å². The highest BCUT2D eigenvalue weighted by atomic mass is 79.9. The monoisotopic (exact) mass is 331 g/mol. The Kier molecular flexibility index (Phi) is 2.49. The SMILES string of the molecule is Cc1cc(Br)ccc1N1C(=O)[C@@H]2[C@H](C1=O)[C@H]1C=C[C@H]2C1. The largest absolute Gasteiger partial charge is 0.274 e. The summed E-state index contributed by atoms with van der Waals surface area (Å²) in [7, 11) is 0. The number of rotatable bonds is 1. The summed E-state index contributed by atoms with van der Waals surface area (Å²) >= 11 is 3.41. The molecule has 1 aromatic rings. The number of benzene rings is 1. The molecule has 1 heterocycles. The van der Waals surface area contributed by atoms with E-state index in [1.807, 2.05) is 25.1 Å². The molecule has 1 saturated carbocycles. The van der Waals surface area contributed by atoms with Crippen LogP contribution >= 0.6 is 15.9 Å². The number of allylic oxidation sites excluding steroid dienone is 2. The van der Waals surface area contributed by atoms with Gasteiger partial charge >= 0.3 is 0 Å². The van der Waals surface area contributed by atoms with E-state index in [2.05, 4.69) is 28.1 Å². The molecule has 0 spiro atoms. The first kappa shape index (κ1) is 12.3. The lowest BCUT2D eigenvalue weighted by Gasteiger charge is -2.19. The summed E-state index contributed by atoms with van der Waals surface area (Å²) < 4.78 is 0.958. The summed E-state index contributed by atoms with van der Waals surface area (Å²) in [6, 6.07) is 5.67. The van der Waals surface area contributed by atoms with Crippen molar-refractivity contribution in [3.05, 3.63) is 40.4 Å². The van der Waals surface area contributed by atoms with Gasteiger partial charge in [-0.2, -0.15) is 0 Å². The van der Waals surface area contributed by atoms with Crippen molar-refractivity contribution in [2.75, 3.05) is 4.90 Å². The van der Waals surface area contributed by atoms with Gasteiger partial charge in [0, 0.05) is 4.47 Å². The van der Waals surface area contributed by atoms with Crippen LogP contribution in [0.2, 0.25) is 0 Å². The van der Waals surface area contributed by atoms with Crippen LogP contribution in [0.4, 0.5) is 5.69 Å². The number of carbonyl (C=O) groups excluding carboxylic acids is 2. The van der Waals surface area contributed by atoms with Crippen LogP contribution in [0.25, 0.3) is 0 Å². The average molecular weight is 332 g/mol. The Morgan fingerprint density at radius 3 is 2.25 bits per heavy atom. The molecule has 2 fully saturated rings. The average Bonchev–Trinajstić information content (AvgIpc) is 3.06. The smallest absolute Gasteiger partial charge is 0.238 e. The molecule has 1 aliphatic heterocycles. The second-order valence-electron chi connectivity index (χ2n) is 5.94. The fraction of sp³-hybridized carbons (Fsp3) is 0.375. The second-order valence-corrected chi connectivity index (χ2v) is 6.86. The van der Waals surface area contributed by atoms with Gasteiger partial charge in [-0.25, -0.2) is 4.90 Å². The summed E-state index contributed by atoms with van der Waals surface area (Å²) in [5, 5.41) is 0. The van der Waals surface area contributed by atoms with Crippen molar-refractivity contribution in [3.63, 3.8) is 0 Å². The molecule has 4 rings (SSSR count). The molecule has 1 saturated heterocycles. The Bertz CT molecular complexity index is 636. The van der Waals surface area contributed by atoms with E-state index in [4.69, 9.17) is 0 Å².